The third-order valence-electron chi connectivity index (χ3n) is 3.50. The van der Waals surface area contributed by atoms with Gasteiger partial charge in [-0.2, -0.15) is 0 Å². The van der Waals surface area contributed by atoms with Gasteiger partial charge in [0.15, 0.2) is 5.78 Å². The lowest BCUT2D eigenvalue weighted by molar-refractivity contribution is 0.0886. The predicted octanol–water partition coefficient (Wildman–Crippen LogP) is 3.17. The zero-order valence-electron chi connectivity index (χ0n) is 13.0. The molecule has 3 nitrogen and oxygen atoms in total. The molecular formula is C16H25NO2. The lowest BCUT2D eigenvalue weighted by Gasteiger charge is -2.25. The topological polar surface area (TPSA) is 38.3 Å². The first kappa shape index (κ1) is 15.7. The standard InChI is InChI=1S/C16H25NO2/c1-15(2,3)11-8-9-13(19-7)12(10-11)14(18)16(4,5)17-6/h8-10,17H,1-7H3. The second-order valence-corrected chi connectivity index (χ2v) is 6.37. The van der Waals surface area contributed by atoms with Crippen molar-refractivity contribution >= 4 is 5.78 Å². The number of carbonyl (C=O) groups excluding carboxylic acids is 1. The van der Waals surface area contributed by atoms with E-state index in [0.717, 1.165) is 5.56 Å². The predicted molar refractivity (Wildman–Crippen MR) is 79.2 cm³/mol. The minimum Gasteiger partial charge on any atom is -0.496 e. The number of benzene rings is 1. The second kappa shape index (κ2) is 5.33. The van der Waals surface area contributed by atoms with Crippen LogP contribution in [0.4, 0.5) is 0 Å². The average molecular weight is 263 g/mol. The van der Waals surface area contributed by atoms with Gasteiger partial charge in [-0.15, -0.1) is 0 Å². The van der Waals surface area contributed by atoms with Crippen molar-refractivity contribution in [3.8, 4) is 5.75 Å². The summed E-state index contributed by atoms with van der Waals surface area (Å²) in [6, 6.07) is 5.84. The van der Waals surface area contributed by atoms with E-state index >= 15 is 0 Å². The van der Waals surface area contributed by atoms with Crippen molar-refractivity contribution in [3.05, 3.63) is 29.3 Å². The smallest absolute Gasteiger partial charge is 0.185 e. The average Bonchev–Trinajstić information content (AvgIpc) is 2.35. The van der Waals surface area contributed by atoms with Gasteiger partial charge in [-0.3, -0.25) is 4.79 Å². The Labute approximate surface area is 116 Å². The number of rotatable bonds is 4. The highest BCUT2D eigenvalue weighted by molar-refractivity contribution is 6.05. The van der Waals surface area contributed by atoms with Gasteiger partial charge in [0.05, 0.1) is 18.2 Å². The minimum absolute atomic E-state index is 0.00505. The Hall–Kier alpha value is -1.35. The van der Waals surface area contributed by atoms with Crippen molar-refractivity contribution in [3.63, 3.8) is 0 Å². The number of ether oxygens (including phenoxy) is 1. The third kappa shape index (κ3) is 3.35. The summed E-state index contributed by atoms with van der Waals surface area (Å²) in [6.45, 7) is 10.1. The van der Waals surface area contributed by atoms with Crippen LogP contribution >= 0.6 is 0 Å². The largest absolute Gasteiger partial charge is 0.496 e. The Kier molecular flexibility index (Phi) is 4.41. The van der Waals surface area contributed by atoms with Crippen LogP contribution in [-0.2, 0) is 5.41 Å². The van der Waals surface area contributed by atoms with E-state index < -0.39 is 5.54 Å². The number of hydrogen-bond acceptors (Lipinski definition) is 3. The molecule has 0 bridgehead atoms. The number of likely N-dealkylation sites (N-methyl/N-ethyl adjacent to an activating group) is 1. The molecule has 0 radical (unpaired) electrons. The molecule has 0 aliphatic rings. The van der Waals surface area contributed by atoms with E-state index in [0.29, 0.717) is 11.3 Å². The summed E-state index contributed by atoms with van der Waals surface area (Å²) in [7, 11) is 3.38. The molecule has 0 aliphatic carbocycles. The molecule has 19 heavy (non-hydrogen) atoms. The summed E-state index contributed by atoms with van der Waals surface area (Å²) >= 11 is 0. The monoisotopic (exact) mass is 263 g/mol. The lowest BCUT2D eigenvalue weighted by atomic mass is 9.83. The molecule has 1 aromatic rings. The van der Waals surface area contributed by atoms with Crippen LogP contribution in [-0.4, -0.2) is 25.5 Å². The van der Waals surface area contributed by atoms with Crippen molar-refractivity contribution in [1.82, 2.24) is 5.32 Å². The molecule has 1 aromatic carbocycles. The fourth-order valence-corrected chi connectivity index (χ4v) is 1.80. The molecule has 0 heterocycles. The van der Waals surface area contributed by atoms with E-state index in [1.54, 1.807) is 14.2 Å². The van der Waals surface area contributed by atoms with Crippen molar-refractivity contribution in [2.75, 3.05) is 14.2 Å². The van der Waals surface area contributed by atoms with Crippen LogP contribution in [0.1, 0.15) is 50.5 Å². The lowest BCUT2D eigenvalue weighted by Crippen LogP contribution is -2.44. The molecule has 1 N–H and O–H groups in total. The first-order chi connectivity index (χ1) is 8.63. The number of Topliss-reactive ketones (excluding diaryl/α,β-unsaturated/α-hetero) is 1. The quantitative estimate of drug-likeness (QED) is 0.848. The number of carbonyl (C=O) groups is 1. The van der Waals surface area contributed by atoms with Crippen LogP contribution in [0, 0.1) is 0 Å². The zero-order valence-corrected chi connectivity index (χ0v) is 13.0. The van der Waals surface area contributed by atoms with Crippen molar-refractivity contribution < 1.29 is 9.53 Å². The van der Waals surface area contributed by atoms with Crippen molar-refractivity contribution in [2.45, 2.75) is 45.6 Å². The van der Waals surface area contributed by atoms with Gasteiger partial charge in [0, 0.05) is 0 Å². The Morgan fingerprint density at radius 1 is 1.16 bits per heavy atom. The maximum absolute atomic E-state index is 12.6. The molecule has 0 unspecified atom stereocenters. The van der Waals surface area contributed by atoms with Crippen LogP contribution in [0.2, 0.25) is 0 Å². The Balaban J connectivity index is 3.36. The number of methoxy groups -OCH3 is 1. The SMILES string of the molecule is CNC(C)(C)C(=O)c1cc(C(C)(C)C)ccc1OC. The van der Waals surface area contributed by atoms with E-state index in [-0.39, 0.29) is 11.2 Å². The highest BCUT2D eigenvalue weighted by atomic mass is 16.5. The van der Waals surface area contributed by atoms with Crippen molar-refractivity contribution in [1.29, 1.82) is 0 Å². The zero-order chi connectivity index (χ0) is 14.8. The Morgan fingerprint density at radius 3 is 2.16 bits per heavy atom. The maximum Gasteiger partial charge on any atom is 0.185 e. The molecule has 0 saturated carbocycles. The molecule has 1 rings (SSSR count). The summed E-state index contributed by atoms with van der Waals surface area (Å²) in [5.41, 5.74) is 1.16. The van der Waals surface area contributed by atoms with E-state index in [1.807, 2.05) is 32.0 Å². The fraction of sp³-hybridized carbons (Fsp3) is 0.562. The second-order valence-electron chi connectivity index (χ2n) is 6.37. The summed E-state index contributed by atoms with van der Waals surface area (Å²) in [5.74, 6) is 0.666. The van der Waals surface area contributed by atoms with Gasteiger partial charge in [-0.05, 0) is 44.0 Å². The van der Waals surface area contributed by atoms with Gasteiger partial charge in [0.2, 0.25) is 0 Å². The highest BCUT2D eigenvalue weighted by Crippen LogP contribution is 2.30. The summed E-state index contributed by atoms with van der Waals surface area (Å²) < 4.78 is 5.33. The van der Waals surface area contributed by atoms with E-state index in [2.05, 4.69) is 26.1 Å². The van der Waals surface area contributed by atoms with Gasteiger partial charge in [0.25, 0.3) is 0 Å². The van der Waals surface area contributed by atoms with Crippen LogP contribution < -0.4 is 10.1 Å². The van der Waals surface area contributed by atoms with Gasteiger partial charge >= 0.3 is 0 Å². The third-order valence-corrected chi connectivity index (χ3v) is 3.50. The van der Waals surface area contributed by atoms with Gasteiger partial charge in [-0.25, -0.2) is 0 Å². The highest BCUT2D eigenvalue weighted by Gasteiger charge is 2.30. The number of ketones is 1. The molecule has 0 spiro atoms. The molecule has 0 fully saturated rings. The molecule has 0 aliphatic heterocycles. The molecule has 0 aromatic heterocycles. The first-order valence-electron chi connectivity index (χ1n) is 6.55. The molecule has 106 valence electrons. The van der Waals surface area contributed by atoms with Gasteiger partial charge in [-0.1, -0.05) is 26.8 Å². The number of hydrogen-bond donors (Lipinski definition) is 1. The van der Waals surface area contributed by atoms with Gasteiger partial charge < -0.3 is 10.1 Å². The molecule has 3 heteroatoms. The molecular weight excluding hydrogens is 238 g/mol. The summed E-state index contributed by atoms with van der Waals surface area (Å²) in [4.78, 5) is 12.6. The van der Waals surface area contributed by atoms with E-state index in [9.17, 15) is 4.79 Å². The normalized spacial score (nSPS) is 12.4. The summed E-state index contributed by atoms with van der Waals surface area (Å²) in [6.07, 6.45) is 0. The Morgan fingerprint density at radius 2 is 1.74 bits per heavy atom. The fourth-order valence-electron chi connectivity index (χ4n) is 1.80. The van der Waals surface area contributed by atoms with E-state index in [1.165, 1.54) is 0 Å². The van der Waals surface area contributed by atoms with E-state index in [4.69, 9.17) is 4.74 Å². The summed E-state index contributed by atoms with van der Waals surface area (Å²) in [5, 5.41) is 3.04. The Bertz CT molecular complexity index is 470. The molecule has 0 atom stereocenters. The number of nitrogens with one attached hydrogen (secondary N) is 1. The van der Waals surface area contributed by atoms with Gasteiger partial charge in [0.1, 0.15) is 5.75 Å². The van der Waals surface area contributed by atoms with Crippen LogP contribution in [0.5, 0.6) is 5.75 Å². The molecule has 0 amide bonds. The van der Waals surface area contributed by atoms with Crippen LogP contribution in [0.25, 0.3) is 0 Å². The van der Waals surface area contributed by atoms with Crippen LogP contribution in [0.15, 0.2) is 18.2 Å². The molecule has 0 saturated heterocycles. The minimum atomic E-state index is -0.607. The van der Waals surface area contributed by atoms with Crippen LogP contribution in [0.3, 0.4) is 0 Å². The maximum atomic E-state index is 12.6. The van der Waals surface area contributed by atoms with Crippen molar-refractivity contribution in [2.24, 2.45) is 0 Å². The first-order valence-corrected chi connectivity index (χ1v) is 6.55.